The van der Waals surface area contributed by atoms with Gasteiger partial charge in [0.2, 0.25) is 11.9 Å². The van der Waals surface area contributed by atoms with Crippen LogP contribution in [0.5, 0.6) is 0 Å². The molecule has 1 fully saturated rings. The first-order valence-corrected chi connectivity index (χ1v) is 12.7. The highest BCUT2D eigenvalue weighted by Crippen LogP contribution is 2.39. The molecule has 0 radical (unpaired) electrons. The van der Waals surface area contributed by atoms with Crippen LogP contribution in [0, 0.1) is 12.8 Å². The zero-order valence-corrected chi connectivity index (χ0v) is 21.0. The van der Waals surface area contributed by atoms with Crippen molar-refractivity contribution in [1.82, 2.24) is 19.5 Å². The third kappa shape index (κ3) is 5.01. The second-order valence-corrected chi connectivity index (χ2v) is 10.7. The summed E-state index contributed by atoms with van der Waals surface area (Å²) in [6.45, 7) is 3.34. The minimum absolute atomic E-state index is 0.0963. The Bertz CT molecular complexity index is 1470. The van der Waals surface area contributed by atoms with Crippen LogP contribution in [0.3, 0.4) is 0 Å². The van der Waals surface area contributed by atoms with Crippen LogP contribution in [0.25, 0.3) is 11.2 Å². The van der Waals surface area contributed by atoms with Crippen LogP contribution in [-0.2, 0) is 23.8 Å². The molecule has 1 amide bonds. The van der Waals surface area contributed by atoms with Gasteiger partial charge in [-0.25, -0.2) is 4.98 Å². The van der Waals surface area contributed by atoms with Crippen molar-refractivity contribution in [2.75, 3.05) is 18.5 Å². The molecule has 0 bridgehead atoms. The molecule has 200 valence electrons. The lowest BCUT2D eigenvalue weighted by Gasteiger charge is -2.29. The van der Waals surface area contributed by atoms with Gasteiger partial charge in [0.05, 0.1) is 17.8 Å². The summed E-state index contributed by atoms with van der Waals surface area (Å²) in [5.74, 6) is -0.985. The summed E-state index contributed by atoms with van der Waals surface area (Å²) in [5.41, 5.74) is -2.14. The number of fused-ring (bicyclic) bond motifs is 1. The van der Waals surface area contributed by atoms with E-state index >= 15 is 0 Å². The maximum absolute atomic E-state index is 12.6. The Morgan fingerprint density at radius 1 is 1.30 bits per heavy atom. The highest BCUT2D eigenvalue weighted by atomic mass is 32.2. The first-order chi connectivity index (χ1) is 17.4. The molecule has 0 spiro atoms. The van der Waals surface area contributed by atoms with Crippen molar-refractivity contribution in [1.29, 1.82) is 0 Å². The molecule has 3 aromatic rings. The van der Waals surface area contributed by atoms with Crippen molar-refractivity contribution >= 4 is 33.1 Å². The van der Waals surface area contributed by atoms with E-state index in [0.29, 0.717) is 0 Å². The number of aryl methyl sites for hydroxylation is 1. The van der Waals surface area contributed by atoms with Crippen molar-refractivity contribution in [3.05, 3.63) is 46.5 Å². The summed E-state index contributed by atoms with van der Waals surface area (Å²) in [6, 6.07) is 5.84. The van der Waals surface area contributed by atoms with Gasteiger partial charge < -0.3 is 20.1 Å². The van der Waals surface area contributed by atoms with E-state index in [1.54, 1.807) is 32.9 Å². The predicted octanol–water partition coefficient (Wildman–Crippen LogP) is -0.590. The number of amides is 1. The van der Waals surface area contributed by atoms with Crippen molar-refractivity contribution in [3.63, 3.8) is 0 Å². The molecule has 5 N–H and O–H groups in total. The number of carbonyl (C=O) groups is 1. The van der Waals surface area contributed by atoms with Gasteiger partial charge in [-0.05, 0) is 19.1 Å². The lowest BCUT2D eigenvalue weighted by atomic mass is 9.97. The van der Waals surface area contributed by atoms with Crippen LogP contribution >= 0.6 is 0 Å². The summed E-state index contributed by atoms with van der Waals surface area (Å²) in [4.78, 5) is 34.9. The Morgan fingerprint density at radius 3 is 2.59 bits per heavy atom. The number of imidazole rings is 1. The third-order valence-corrected chi connectivity index (χ3v) is 7.30. The molecule has 1 aliphatic rings. The fraction of sp³-hybridized carbons (Fsp3) is 0.455. The average Bonchev–Trinajstić information content (AvgIpc) is 3.38. The van der Waals surface area contributed by atoms with Crippen LogP contribution in [0.1, 0.15) is 25.6 Å². The average molecular weight is 538 g/mol. The number of hydrogen-bond donors (Lipinski definition) is 5. The summed E-state index contributed by atoms with van der Waals surface area (Å²) in [6.07, 6.45) is -3.82. The highest BCUT2D eigenvalue weighted by molar-refractivity contribution is 7.86. The van der Waals surface area contributed by atoms with Crippen molar-refractivity contribution in [2.45, 2.75) is 49.7 Å². The molecule has 1 saturated heterocycles. The van der Waals surface area contributed by atoms with Gasteiger partial charge in [0.25, 0.3) is 15.7 Å². The SMILES string of the molecule is Cc1ccc(S(=O)(=O)OC[C@]2(CO)O[C@@H](n3cnc4c(=O)[nH]c(NC(=O)C(C)C)nc43)[C@H](O)[C@@H]2O)cc1. The molecule has 2 aromatic heterocycles. The standard InChI is InChI=1S/C22H27N5O9S/c1-11(2)18(31)25-21-24-17-14(19(32)26-21)23-10-27(17)20-15(29)16(30)22(8-28,36-20)9-35-37(33,34)13-6-4-12(3)5-7-13/h4-7,10-11,15-16,20,28-30H,8-9H2,1-3H3,(H2,24,25,26,31,32)/t15-,16+,20-,22+/m1/s1. The van der Waals surface area contributed by atoms with Gasteiger partial charge in [-0.15, -0.1) is 0 Å². The third-order valence-electron chi connectivity index (χ3n) is 6.02. The van der Waals surface area contributed by atoms with Crippen molar-refractivity contribution < 1.29 is 37.5 Å². The van der Waals surface area contributed by atoms with Gasteiger partial charge in [0, 0.05) is 5.92 Å². The van der Waals surface area contributed by atoms with E-state index in [9.17, 15) is 33.3 Å². The molecule has 4 rings (SSSR count). The number of benzene rings is 1. The zero-order chi connectivity index (χ0) is 27.1. The van der Waals surface area contributed by atoms with E-state index in [1.807, 2.05) is 0 Å². The van der Waals surface area contributed by atoms with Gasteiger partial charge in [-0.1, -0.05) is 31.5 Å². The second kappa shape index (κ2) is 9.92. The summed E-state index contributed by atoms with van der Waals surface area (Å²) in [5, 5.41) is 34.0. The summed E-state index contributed by atoms with van der Waals surface area (Å²) >= 11 is 0. The van der Waals surface area contributed by atoms with Crippen LogP contribution < -0.4 is 10.9 Å². The van der Waals surface area contributed by atoms with Gasteiger partial charge in [0.15, 0.2) is 17.4 Å². The number of anilines is 1. The molecule has 3 heterocycles. The molecular weight excluding hydrogens is 510 g/mol. The van der Waals surface area contributed by atoms with Gasteiger partial charge in [-0.2, -0.15) is 13.4 Å². The predicted molar refractivity (Wildman–Crippen MR) is 128 cm³/mol. The van der Waals surface area contributed by atoms with E-state index in [-0.39, 0.29) is 22.0 Å². The Kier molecular flexibility index (Phi) is 7.20. The lowest BCUT2D eigenvalue weighted by Crippen LogP contribution is -2.50. The Labute approximate surface area is 211 Å². The molecule has 1 aliphatic heterocycles. The normalized spacial score (nSPS) is 24.1. The van der Waals surface area contributed by atoms with Crippen LogP contribution in [0.2, 0.25) is 0 Å². The Morgan fingerprint density at radius 2 is 1.97 bits per heavy atom. The van der Waals surface area contributed by atoms with E-state index in [4.69, 9.17) is 8.92 Å². The van der Waals surface area contributed by atoms with E-state index in [0.717, 1.165) is 16.5 Å². The molecule has 0 saturated carbocycles. The number of ether oxygens (including phenoxy) is 1. The highest BCUT2D eigenvalue weighted by Gasteiger charge is 2.56. The lowest BCUT2D eigenvalue weighted by molar-refractivity contribution is -0.144. The summed E-state index contributed by atoms with van der Waals surface area (Å²) < 4.78 is 37.3. The smallest absolute Gasteiger partial charge is 0.297 e. The van der Waals surface area contributed by atoms with Crippen molar-refractivity contribution in [3.8, 4) is 0 Å². The number of carbonyl (C=O) groups excluding carboxylic acids is 1. The topological polar surface area (TPSA) is 206 Å². The number of aromatic nitrogens is 4. The fourth-order valence-electron chi connectivity index (χ4n) is 3.75. The molecule has 0 unspecified atom stereocenters. The number of hydrogen-bond acceptors (Lipinski definition) is 11. The first kappa shape index (κ1) is 26.8. The Hall–Kier alpha value is -3.21. The largest absolute Gasteiger partial charge is 0.393 e. The molecule has 37 heavy (non-hydrogen) atoms. The van der Waals surface area contributed by atoms with Crippen LogP contribution in [0.15, 0.2) is 40.3 Å². The Balaban J connectivity index is 1.63. The number of nitrogens with zero attached hydrogens (tertiary/aromatic N) is 3. The van der Waals surface area contributed by atoms with Gasteiger partial charge >= 0.3 is 0 Å². The second-order valence-electron chi connectivity index (χ2n) is 9.08. The first-order valence-electron chi connectivity index (χ1n) is 11.3. The minimum Gasteiger partial charge on any atom is -0.393 e. The number of aliphatic hydroxyl groups is 3. The number of aliphatic hydroxyl groups excluding tert-OH is 3. The van der Waals surface area contributed by atoms with Crippen molar-refractivity contribution in [2.24, 2.45) is 5.92 Å². The van der Waals surface area contributed by atoms with Crippen LogP contribution in [-0.4, -0.2) is 80.2 Å². The monoisotopic (exact) mass is 537 g/mol. The van der Waals surface area contributed by atoms with E-state index in [1.165, 1.54) is 12.1 Å². The maximum atomic E-state index is 12.6. The van der Waals surface area contributed by atoms with Gasteiger partial charge in [-0.3, -0.25) is 28.6 Å². The van der Waals surface area contributed by atoms with Gasteiger partial charge in [0.1, 0.15) is 24.4 Å². The molecule has 15 heteroatoms. The number of nitrogens with one attached hydrogen (secondary N) is 2. The number of H-pyrrole nitrogens is 1. The molecule has 4 atom stereocenters. The van der Waals surface area contributed by atoms with E-state index in [2.05, 4.69) is 20.3 Å². The zero-order valence-electron chi connectivity index (χ0n) is 20.2. The molecule has 0 aliphatic carbocycles. The molecular formula is C22H27N5O9S. The summed E-state index contributed by atoms with van der Waals surface area (Å²) in [7, 11) is -4.29. The molecule has 14 nitrogen and oxygen atoms in total. The quantitative estimate of drug-likeness (QED) is 0.230. The van der Waals surface area contributed by atoms with Crippen LogP contribution in [0.4, 0.5) is 5.95 Å². The maximum Gasteiger partial charge on any atom is 0.297 e. The molecule has 1 aromatic carbocycles. The number of rotatable bonds is 8. The number of aromatic amines is 1. The van der Waals surface area contributed by atoms with E-state index < -0.39 is 64.8 Å². The fourth-order valence-corrected chi connectivity index (χ4v) is 4.71. The minimum atomic E-state index is -4.29.